The van der Waals surface area contributed by atoms with Crippen molar-refractivity contribution < 1.29 is 4.74 Å². The molecule has 2 aliphatic heterocycles. The molecule has 0 aliphatic carbocycles. The van der Waals surface area contributed by atoms with E-state index in [1.807, 2.05) is 18.5 Å². The van der Waals surface area contributed by atoms with Crippen molar-refractivity contribution in [1.29, 1.82) is 0 Å². The molecule has 0 N–H and O–H groups in total. The average molecular weight is 273 g/mol. The summed E-state index contributed by atoms with van der Waals surface area (Å²) >= 11 is 0. The topological polar surface area (TPSA) is 28.6 Å². The zero-order valence-electron chi connectivity index (χ0n) is 11.9. The lowest BCUT2D eigenvalue weighted by Gasteiger charge is -2.37. The highest BCUT2D eigenvalue weighted by Crippen LogP contribution is 2.24. The molecule has 3 heterocycles. The molecule has 0 bridgehead atoms. The normalized spacial score (nSPS) is 27.4. The third-order valence-corrected chi connectivity index (χ3v) is 4.27. The molecule has 1 aromatic rings. The van der Waals surface area contributed by atoms with E-state index in [0.717, 1.165) is 39.1 Å². The van der Waals surface area contributed by atoms with Gasteiger partial charge < -0.3 is 4.74 Å². The summed E-state index contributed by atoms with van der Waals surface area (Å²) in [5.41, 5.74) is 1.35. The van der Waals surface area contributed by atoms with Gasteiger partial charge in [0.15, 0.2) is 0 Å². The van der Waals surface area contributed by atoms with Crippen molar-refractivity contribution in [3.8, 4) is 0 Å². The third-order valence-electron chi connectivity index (χ3n) is 4.27. The van der Waals surface area contributed by atoms with Crippen LogP contribution in [0.25, 0.3) is 0 Å². The predicted molar refractivity (Wildman–Crippen MR) is 79.4 cm³/mol. The first kappa shape index (κ1) is 13.7. The second-order valence-electron chi connectivity index (χ2n) is 5.72. The van der Waals surface area contributed by atoms with Gasteiger partial charge in [-0.2, -0.15) is 0 Å². The largest absolute Gasteiger partial charge is 0.373 e. The number of aromatic nitrogens is 1. The maximum atomic E-state index is 5.81. The van der Waals surface area contributed by atoms with E-state index in [4.69, 9.17) is 4.74 Å². The minimum Gasteiger partial charge on any atom is -0.373 e. The molecule has 0 radical (unpaired) electrons. The lowest BCUT2D eigenvalue weighted by Crippen LogP contribution is -2.49. The standard InChI is InChI=1S/C16H23N3O/c1-2-9-20-16-10-15-12-18(7-8-19(15)13-16)11-14-3-5-17-6-4-14/h2-6,15-16H,1,7-13H2. The fourth-order valence-corrected chi connectivity index (χ4v) is 3.28. The molecule has 0 saturated carbocycles. The fraction of sp³-hybridized carbons (Fsp3) is 0.562. The predicted octanol–water partition coefficient (Wildman–Crippen LogP) is 1.54. The molecule has 2 fully saturated rings. The molecular weight excluding hydrogens is 250 g/mol. The van der Waals surface area contributed by atoms with E-state index < -0.39 is 0 Å². The molecule has 2 aliphatic rings. The summed E-state index contributed by atoms with van der Waals surface area (Å²) in [5.74, 6) is 0. The first-order chi connectivity index (χ1) is 9.85. The van der Waals surface area contributed by atoms with Crippen LogP contribution in [0.3, 0.4) is 0 Å². The lowest BCUT2D eigenvalue weighted by atomic mass is 10.1. The molecule has 0 aromatic carbocycles. The van der Waals surface area contributed by atoms with E-state index in [2.05, 4.69) is 33.5 Å². The highest BCUT2D eigenvalue weighted by Gasteiger charge is 2.36. The van der Waals surface area contributed by atoms with Gasteiger partial charge in [-0.25, -0.2) is 0 Å². The van der Waals surface area contributed by atoms with Crippen molar-refractivity contribution in [3.63, 3.8) is 0 Å². The van der Waals surface area contributed by atoms with Gasteiger partial charge in [0.2, 0.25) is 0 Å². The van der Waals surface area contributed by atoms with Gasteiger partial charge in [0.25, 0.3) is 0 Å². The fourth-order valence-electron chi connectivity index (χ4n) is 3.28. The van der Waals surface area contributed by atoms with Crippen molar-refractivity contribution in [3.05, 3.63) is 42.7 Å². The summed E-state index contributed by atoms with van der Waals surface area (Å²) in [6.07, 6.45) is 7.13. The Kier molecular flexibility index (Phi) is 4.45. The van der Waals surface area contributed by atoms with E-state index in [0.29, 0.717) is 18.8 Å². The number of hydrogen-bond acceptors (Lipinski definition) is 4. The number of rotatable bonds is 5. The Hall–Kier alpha value is -1.23. The average Bonchev–Trinajstić information content (AvgIpc) is 2.88. The zero-order valence-corrected chi connectivity index (χ0v) is 11.9. The number of pyridine rings is 1. The van der Waals surface area contributed by atoms with Gasteiger partial charge in [-0.3, -0.25) is 14.8 Å². The Labute approximate surface area is 121 Å². The molecule has 2 unspecified atom stereocenters. The van der Waals surface area contributed by atoms with E-state index in [9.17, 15) is 0 Å². The number of hydrogen-bond donors (Lipinski definition) is 0. The van der Waals surface area contributed by atoms with Gasteiger partial charge in [0.1, 0.15) is 0 Å². The molecule has 20 heavy (non-hydrogen) atoms. The van der Waals surface area contributed by atoms with Crippen LogP contribution in [0, 0.1) is 0 Å². The van der Waals surface area contributed by atoms with Crippen molar-refractivity contribution in [2.75, 3.05) is 32.8 Å². The van der Waals surface area contributed by atoms with Gasteiger partial charge in [-0.05, 0) is 24.1 Å². The molecule has 0 spiro atoms. The molecule has 4 heteroatoms. The Balaban J connectivity index is 1.52. The van der Waals surface area contributed by atoms with Crippen LogP contribution >= 0.6 is 0 Å². The number of piperazine rings is 1. The SMILES string of the molecule is C=CCOC1CC2CN(Cc3ccncc3)CCN2C1. The van der Waals surface area contributed by atoms with Crippen molar-refractivity contribution in [1.82, 2.24) is 14.8 Å². The Morgan fingerprint density at radius 2 is 2.15 bits per heavy atom. The quantitative estimate of drug-likeness (QED) is 0.761. The van der Waals surface area contributed by atoms with Crippen LogP contribution in [0.2, 0.25) is 0 Å². The molecular formula is C16H23N3O. The van der Waals surface area contributed by atoms with E-state index in [1.165, 1.54) is 5.56 Å². The minimum absolute atomic E-state index is 0.388. The summed E-state index contributed by atoms with van der Waals surface area (Å²) in [6.45, 7) is 9.96. The summed E-state index contributed by atoms with van der Waals surface area (Å²) in [5, 5.41) is 0. The molecule has 3 rings (SSSR count). The molecule has 4 nitrogen and oxygen atoms in total. The van der Waals surface area contributed by atoms with Crippen LogP contribution in [-0.2, 0) is 11.3 Å². The maximum absolute atomic E-state index is 5.81. The number of ether oxygens (including phenoxy) is 1. The Bertz CT molecular complexity index is 437. The van der Waals surface area contributed by atoms with Crippen LogP contribution in [-0.4, -0.2) is 59.7 Å². The van der Waals surface area contributed by atoms with Crippen molar-refractivity contribution in [2.24, 2.45) is 0 Å². The van der Waals surface area contributed by atoms with Gasteiger partial charge in [-0.1, -0.05) is 6.08 Å². The highest BCUT2D eigenvalue weighted by atomic mass is 16.5. The first-order valence-corrected chi connectivity index (χ1v) is 7.43. The van der Waals surface area contributed by atoms with E-state index >= 15 is 0 Å². The molecule has 2 atom stereocenters. The van der Waals surface area contributed by atoms with Crippen LogP contribution in [0.4, 0.5) is 0 Å². The lowest BCUT2D eigenvalue weighted by molar-refractivity contribution is 0.0758. The van der Waals surface area contributed by atoms with Gasteiger partial charge in [0, 0.05) is 51.2 Å². The van der Waals surface area contributed by atoms with Crippen LogP contribution in [0.15, 0.2) is 37.2 Å². The van der Waals surface area contributed by atoms with Crippen LogP contribution < -0.4 is 0 Å². The first-order valence-electron chi connectivity index (χ1n) is 7.43. The number of fused-ring (bicyclic) bond motifs is 1. The Morgan fingerprint density at radius 3 is 2.95 bits per heavy atom. The highest BCUT2D eigenvalue weighted by molar-refractivity contribution is 5.10. The molecule has 1 aromatic heterocycles. The summed E-state index contributed by atoms with van der Waals surface area (Å²) in [6, 6.07) is 4.87. The zero-order chi connectivity index (χ0) is 13.8. The Morgan fingerprint density at radius 1 is 1.30 bits per heavy atom. The summed E-state index contributed by atoms with van der Waals surface area (Å²) in [7, 11) is 0. The van der Waals surface area contributed by atoms with Crippen molar-refractivity contribution in [2.45, 2.75) is 25.1 Å². The molecule has 0 amide bonds. The summed E-state index contributed by atoms with van der Waals surface area (Å²) in [4.78, 5) is 9.21. The van der Waals surface area contributed by atoms with Crippen molar-refractivity contribution >= 4 is 0 Å². The second-order valence-corrected chi connectivity index (χ2v) is 5.72. The van der Waals surface area contributed by atoms with Gasteiger partial charge in [0.05, 0.1) is 12.7 Å². The second kappa shape index (κ2) is 6.48. The third kappa shape index (κ3) is 3.26. The van der Waals surface area contributed by atoms with Gasteiger partial charge >= 0.3 is 0 Å². The monoisotopic (exact) mass is 273 g/mol. The molecule has 108 valence electrons. The van der Waals surface area contributed by atoms with E-state index in [1.54, 1.807) is 0 Å². The van der Waals surface area contributed by atoms with Crippen LogP contribution in [0.5, 0.6) is 0 Å². The van der Waals surface area contributed by atoms with E-state index in [-0.39, 0.29) is 0 Å². The molecule has 2 saturated heterocycles. The van der Waals surface area contributed by atoms with Crippen LogP contribution in [0.1, 0.15) is 12.0 Å². The summed E-state index contributed by atoms with van der Waals surface area (Å²) < 4.78 is 5.81. The number of nitrogens with zero attached hydrogens (tertiary/aromatic N) is 3. The maximum Gasteiger partial charge on any atom is 0.0721 e. The van der Waals surface area contributed by atoms with Gasteiger partial charge in [-0.15, -0.1) is 6.58 Å². The minimum atomic E-state index is 0.388. The smallest absolute Gasteiger partial charge is 0.0721 e.